The lowest BCUT2D eigenvalue weighted by Crippen LogP contribution is -2.33. The molecule has 0 unspecified atom stereocenters. The van der Waals surface area contributed by atoms with Crippen molar-refractivity contribution in [3.05, 3.63) is 66.1 Å². The molecule has 0 saturated heterocycles. The van der Waals surface area contributed by atoms with E-state index >= 15 is 0 Å². The molecule has 30 heavy (non-hydrogen) atoms. The summed E-state index contributed by atoms with van der Waals surface area (Å²) < 4.78 is 15.5. The first-order valence-corrected chi connectivity index (χ1v) is 10.4. The molecule has 0 aliphatic heterocycles. The number of hydrogen-bond acceptors (Lipinski definition) is 2. The SMILES string of the molecule is CCN(CC)C(=O)Cn1ccc2cc(NC(=O)C3(c4cccc(F)c4)CC3)ccc21. The summed E-state index contributed by atoms with van der Waals surface area (Å²) >= 11 is 0. The predicted octanol–water partition coefficient (Wildman–Crippen LogP) is 4.32. The van der Waals surface area contributed by atoms with Crippen LogP contribution in [0.25, 0.3) is 10.9 Å². The van der Waals surface area contributed by atoms with Crippen LogP contribution in [-0.4, -0.2) is 34.4 Å². The lowest BCUT2D eigenvalue weighted by atomic mass is 9.94. The molecular formula is C24H26FN3O2. The Hall–Kier alpha value is -3.15. The fourth-order valence-electron chi connectivity index (χ4n) is 4.05. The second-order valence-corrected chi connectivity index (χ2v) is 7.83. The average molecular weight is 407 g/mol. The molecule has 2 amide bonds. The van der Waals surface area contributed by atoms with E-state index in [1.807, 2.05) is 59.8 Å². The third-order valence-electron chi connectivity index (χ3n) is 6.01. The Bertz CT molecular complexity index is 1100. The van der Waals surface area contributed by atoms with Gasteiger partial charge in [-0.1, -0.05) is 12.1 Å². The molecule has 1 aliphatic rings. The molecule has 1 aliphatic carbocycles. The van der Waals surface area contributed by atoms with E-state index in [4.69, 9.17) is 0 Å². The van der Waals surface area contributed by atoms with Crippen molar-refractivity contribution in [2.24, 2.45) is 0 Å². The van der Waals surface area contributed by atoms with Gasteiger partial charge in [-0.2, -0.15) is 0 Å². The van der Waals surface area contributed by atoms with Crippen LogP contribution in [0, 0.1) is 5.82 Å². The Balaban J connectivity index is 1.51. The summed E-state index contributed by atoms with van der Waals surface area (Å²) in [7, 11) is 0. The molecule has 0 radical (unpaired) electrons. The molecule has 4 rings (SSSR count). The van der Waals surface area contributed by atoms with Gasteiger partial charge in [0.25, 0.3) is 0 Å². The van der Waals surface area contributed by atoms with Crippen molar-refractivity contribution < 1.29 is 14.0 Å². The highest BCUT2D eigenvalue weighted by Crippen LogP contribution is 2.49. The average Bonchev–Trinajstić information content (AvgIpc) is 3.46. The van der Waals surface area contributed by atoms with E-state index in [2.05, 4.69) is 5.32 Å². The van der Waals surface area contributed by atoms with Crippen LogP contribution in [0.3, 0.4) is 0 Å². The molecule has 1 N–H and O–H groups in total. The van der Waals surface area contributed by atoms with Gasteiger partial charge in [0.2, 0.25) is 11.8 Å². The smallest absolute Gasteiger partial charge is 0.242 e. The van der Waals surface area contributed by atoms with E-state index in [1.54, 1.807) is 6.07 Å². The number of carbonyl (C=O) groups excluding carboxylic acids is 2. The molecule has 1 fully saturated rings. The molecular weight excluding hydrogens is 381 g/mol. The zero-order valence-electron chi connectivity index (χ0n) is 17.3. The number of carbonyl (C=O) groups is 2. The minimum Gasteiger partial charge on any atom is -0.342 e. The lowest BCUT2D eigenvalue weighted by molar-refractivity contribution is -0.131. The number of likely N-dealkylation sites (N-methyl/N-ethyl adjacent to an activating group) is 1. The number of aromatic nitrogens is 1. The van der Waals surface area contributed by atoms with Crippen molar-refractivity contribution in [3.63, 3.8) is 0 Å². The Morgan fingerprint density at radius 2 is 1.87 bits per heavy atom. The van der Waals surface area contributed by atoms with Gasteiger partial charge in [-0.3, -0.25) is 9.59 Å². The van der Waals surface area contributed by atoms with E-state index in [0.717, 1.165) is 16.5 Å². The highest BCUT2D eigenvalue weighted by atomic mass is 19.1. The quantitative estimate of drug-likeness (QED) is 0.634. The molecule has 1 aromatic heterocycles. The summed E-state index contributed by atoms with van der Waals surface area (Å²) in [6.45, 7) is 5.62. The number of halogens is 1. The summed E-state index contributed by atoms with van der Waals surface area (Å²) in [5.41, 5.74) is 1.73. The number of fused-ring (bicyclic) bond motifs is 1. The van der Waals surface area contributed by atoms with Gasteiger partial charge in [-0.05, 0) is 68.7 Å². The van der Waals surface area contributed by atoms with E-state index in [1.165, 1.54) is 12.1 Å². The van der Waals surface area contributed by atoms with Crippen LogP contribution in [0.15, 0.2) is 54.7 Å². The normalized spacial score (nSPS) is 14.5. The molecule has 2 aromatic carbocycles. The first-order valence-electron chi connectivity index (χ1n) is 10.4. The standard InChI is InChI=1S/C24H26FN3O2/c1-3-27(4-2)22(29)16-28-13-10-17-14-20(8-9-21(17)28)26-23(30)24(11-12-24)18-6-5-7-19(25)15-18/h5-10,13-15H,3-4,11-12,16H2,1-2H3,(H,26,30). The van der Waals surface area contributed by atoms with Gasteiger partial charge < -0.3 is 14.8 Å². The molecule has 3 aromatic rings. The van der Waals surface area contributed by atoms with Gasteiger partial charge in [0, 0.05) is 35.9 Å². The largest absolute Gasteiger partial charge is 0.342 e. The van der Waals surface area contributed by atoms with Crippen molar-refractivity contribution in [1.82, 2.24) is 9.47 Å². The number of benzene rings is 2. The van der Waals surface area contributed by atoms with Crippen LogP contribution >= 0.6 is 0 Å². The van der Waals surface area contributed by atoms with E-state index in [0.29, 0.717) is 38.2 Å². The minimum absolute atomic E-state index is 0.0839. The number of anilines is 1. The summed E-state index contributed by atoms with van der Waals surface area (Å²) in [5, 5.41) is 3.95. The second kappa shape index (κ2) is 7.94. The molecule has 5 nitrogen and oxygen atoms in total. The number of amides is 2. The van der Waals surface area contributed by atoms with Gasteiger partial charge in [0.15, 0.2) is 0 Å². The molecule has 1 saturated carbocycles. The maximum Gasteiger partial charge on any atom is 0.242 e. The van der Waals surface area contributed by atoms with Gasteiger partial charge >= 0.3 is 0 Å². The van der Waals surface area contributed by atoms with Crippen molar-refractivity contribution in [3.8, 4) is 0 Å². The van der Waals surface area contributed by atoms with Crippen LogP contribution < -0.4 is 5.32 Å². The Kier molecular flexibility index (Phi) is 5.33. The van der Waals surface area contributed by atoms with E-state index in [-0.39, 0.29) is 17.6 Å². The second-order valence-electron chi connectivity index (χ2n) is 7.83. The first-order chi connectivity index (χ1) is 14.5. The van der Waals surface area contributed by atoms with Gasteiger partial charge in [0.05, 0.1) is 5.41 Å². The molecule has 156 valence electrons. The van der Waals surface area contributed by atoms with Crippen LogP contribution in [0.1, 0.15) is 32.3 Å². The number of nitrogens with zero attached hydrogens (tertiary/aromatic N) is 2. The van der Waals surface area contributed by atoms with Crippen molar-refractivity contribution >= 4 is 28.4 Å². The Labute approximate surface area is 175 Å². The zero-order chi connectivity index (χ0) is 21.3. The molecule has 0 atom stereocenters. The third-order valence-corrected chi connectivity index (χ3v) is 6.01. The molecule has 6 heteroatoms. The van der Waals surface area contributed by atoms with E-state index in [9.17, 15) is 14.0 Å². The lowest BCUT2D eigenvalue weighted by Gasteiger charge is -2.19. The third kappa shape index (κ3) is 3.70. The van der Waals surface area contributed by atoms with Crippen LogP contribution in [-0.2, 0) is 21.5 Å². The molecule has 1 heterocycles. The van der Waals surface area contributed by atoms with Crippen molar-refractivity contribution in [2.45, 2.75) is 38.6 Å². The van der Waals surface area contributed by atoms with Crippen molar-refractivity contribution in [1.29, 1.82) is 0 Å². The predicted molar refractivity (Wildman–Crippen MR) is 116 cm³/mol. The monoisotopic (exact) mass is 407 g/mol. The molecule has 0 bridgehead atoms. The topological polar surface area (TPSA) is 54.3 Å². The van der Waals surface area contributed by atoms with Gasteiger partial charge in [-0.25, -0.2) is 4.39 Å². The number of rotatable bonds is 7. The van der Waals surface area contributed by atoms with Crippen LogP contribution in [0.2, 0.25) is 0 Å². The minimum atomic E-state index is -0.640. The summed E-state index contributed by atoms with van der Waals surface area (Å²) in [6.07, 6.45) is 3.33. The number of nitrogens with one attached hydrogen (secondary N) is 1. The zero-order valence-corrected chi connectivity index (χ0v) is 17.3. The van der Waals surface area contributed by atoms with Crippen LogP contribution in [0.5, 0.6) is 0 Å². The fraction of sp³-hybridized carbons (Fsp3) is 0.333. The number of hydrogen-bond donors (Lipinski definition) is 1. The Morgan fingerprint density at radius 3 is 2.53 bits per heavy atom. The Morgan fingerprint density at radius 1 is 1.10 bits per heavy atom. The summed E-state index contributed by atoms with van der Waals surface area (Å²) in [5.74, 6) is -0.349. The van der Waals surface area contributed by atoms with E-state index < -0.39 is 5.41 Å². The van der Waals surface area contributed by atoms with Crippen LogP contribution in [0.4, 0.5) is 10.1 Å². The maximum atomic E-state index is 13.6. The first kappa shape index (κ1) is 20.1. The molecule has 0 spiro atoms. The van der Waals surface area contributed by atoms with Gasteiger partial charge in [0.1, 0.15) is 12.4 Å². The maximum absolute atomic E-state index is 13.6. The summed E-state index contributed by atoms with van der Waals surface area (Å²) in [6, 6.07) is 13.9. The van der Waals surface area contributed by atoms with Crippen molar-refractivity contribution in [2.75, 3.05) is 18.4 Å². The van der Waals surface area contributed by atoms with Gasteiger partial charge in [-0.15, -0.1) is 0 Å². The highest BCUT2D eigenvalue weighted by molar-refractivity contribution is 6.02. The highest BCUT2D eigenvalue weighted by Gasteiger charge is 2.51. The summed E-state index contributed by atoms with van der Waals surface area (Å²) in [4.78, 5) is 27.2. The fourth-order valence-corrected chi connectivity index (χ4v) is 4.05.